The van der Waals surface area contributed by atoms with Crippen molar-refractivity contribution in [3.05, 3.63) is 49.8 Å². The van der Waals surface area contributed by atoms with Crippen molar-refractivity contribution >= 4 is 11.4 Å². The molecule has 0 saturated carbocycles. The minimum Gasteiger partial charge on any atom is -0.488 e. The molecule has 104 valence electrons. The minimum atomic E-state index is -0.558. The molecule has 0 aromatic heterocycles. The van der Waals surface area contributed by atoms with E-state index in [0.717, 1.165) is 24.1 Å². The number of ether oxygens (including phenoxy) is 1. The number of nitrogens with one attached hydrogen (secondary N) is 1. The molecule has 0 amide bonds. The first-order chi connectivity index (χ1) is 9.61. The van der Waals surface area contributed by atoms with Crippen LogP contribution >= 0.6 is 0 Å². The van der Waals surface area contributed by atoms with E-state index in [-0.39, 0.29) is 17.5 Å². The Labute approximate surface area is 116 Å². The van der Waals surface area contributed by atoms with Crippen LogP contribution < -0.4 is 26.6 Å². The molecule has 0 radical (unpaired) electrons. The molecule has 1 unspecified atom stereocenters. The summed E-state index contributed by atoms with van der Waals surface area (Å²) in [6, 6.07) is 5.93. The van der Waals surface area contributed by atoms with E-state index in [1.165, 1.54) is 5.56 Å². The first-order valence-corrected chi connectivity index (χ1v) is 6.73. The minimum absolute atomic E-state index is 0.101. The summed E-state index contributed by atoms with van der Waals surface area (Å²) in [5.74, 6) is 0.134. The summed E-state index contributed by atoms with van der Waals surface area (Å²) in [4.78, 5) is 23.0. The summed E-state index contributed by atoms with van der Waals surface area (Å²) in [6.07, 6.45) is 1.89. The van der Waals surface area contributed by atoms with Gasteiger partial charge in [-0.3, -0.25) is 9.59 Å². The van der Waals surface area contributed by atoms with Gasteiger partial charge in [-0.15, -0.1) is 0 Å². The van der Waals surface area contributed by atoms with E-state index < -0.39 is 10.9 Å². The number of anilines is 2. The van der Waals surface area contributed by atoms with Crippen molar-refractivity contribution < 1.29 is 4.74 Å². The Morgan fingerprint density at radius 2 is 2.15 bits per heavy atom. The van der Waals surface area contributed by atoms with Gasteiger partial charge in [0.1, 0.15) is 5.69 Å². The molecule has 2 aromatic carbocycles. The fourth-order valence-electron chi connectivity index (χ4n) is 2.64. The van der Waals surface area contributed by atoms with Gasteiger partial charge in [0.2, 0.25) is 0 Å². The third-order valence-electron chi connectivity index (χ3n) is 3.69. The highest BCUT2D eigenvalue weighted by Gasteiger charge is 2.23. The second-order valence-electron chi connectivity index (χ2n) is 4.98. The quantitative estimate of drug-likeness (QED) is 0.822. The van der Waals surface area contributed by atoms with Crippen LogP contribution in [0, 0.1) is 0 Å². The average Bonchev–Trinajstić information content (AvgIpc) is 2.83. The van der Waals surface area contributed by atoms with Crippen LogP contribution in [0.1, 0.15) is 30.5 Å². The molecular formula is C15H16N2O3. The van der Waals surface area contributed by atoms with Crippen LogP contribution in [-0.2, 0) is 6.42 Å². The smallest absolute Gasteiger partial charge is 0.272 e. The van der Waals surface area contributed by atoms with Crippen LogP contribution in [0.15, 0.2) is 27.8 Å². The van der Waals surface area contributed by atoms with Crippen LogP contribution in [0.5, 0.6) is 5.75 Å². The number of nitrogens with two attached hydrogens (primary N) is 1. The highest BCUT2D eigenvalue weighted by atomic mass is 16.5. The highest BCUT2D eigenvalue weighted by Crippen LogP contribution is 2.32. The van der Waals surface area contributed by atoms with Crippen molar-refractivity contribution in [1.82, 2.24) is 0 Å². The van der Waals surface area contributed by atoms with Crippen molar-refractivity contribution in [2.45, 2.75) is 25.8 Å². The molecule has 5 heteroatoms. The van der Waals surface area contributed by atoms with Crippen LogP contribution in [0.3, 0.4) is 0 Å². The van der Waals surface area contributed by atoms with Crippen molar-refractivity contribution in [1.29, 1.82) is 0 Å². The molecule has 1 aliphatic rings. The predicted molar refractivity (Wildman–Crippen MR) is 77.5 cm³/mol. The lowest BCUT2D eigenvalue weighted by Gasteiger charge is -2.14. The Hall–Kier alpha value is -2.14. The van der Waals surface area contributed by atoms with Crippen molar-refractivity contribution in [2.75, 3.05) is 11.9 Å². The lowest BCUT2D eigenvalue weighted by Crippen LogP contribution is -2.35. The third-order valence-corrected chi connectivity index (χ3v) is 3.69. The molecule has 0 fully saturated rings. The van der Waals surface area contributed by atoms with Gasteiger partial charge in [-0.1, -0.05) is 6.07 Å². The summed E-state index contributed by atoms with van der Waals surface area (Å²) in [5, 5.41) is 2.98. The number of benzene rings is 1. The second-order valence-corrected chi connectivity index (χ2v) is 4.98. The van der Waals surface area contributed by atoms with E-state index in [2.05, 4.69) is 5.32 Å². The molecule has 3 rings (SSSR count). The molecule has 1 atom stereocenters. The normalized spacial score (nSPS) is 17.2. The lowest BCUT2D eigenvalue weighted by molar-refractivity contribution is 0.335. The topological polar surface area (TPSA) is 81.4 Å². The number of rotatable bonds is 4. The lowest BCUT2D eigenvalue weighted by atomic mass is 10.1. The summed E-state index contributed by atoms with van der Waals surface area (Å²) >= 11 is 0. The predicted octanol–water partition coefficient (Wildman–Crippen LogP) is 1.37. The number of hydrogen-bond acceptors (Lipinski definition) is 5. The van der Waals surface area contributed by atoms with E-state index >= 15 is 0 Å². The average molecular weight is 272 g/mol. The Bertz CT molecular complexity index is 729. The zero-order valence-electron chi connectivity index (χ0n) is 11.2. The third kappa shape index (κ3) is 1.91. The first kappa shape index (κ1) is 12.9. The van der Waals surface area contributed by atoms with Gasteiger partial charge < -0.3 is 15.8 Å². The van der Waals surface area contributed by atoms with Crippen LogP contribution in [-0.4, -0.2) is 6.61 Å². The first-order valence-electron chi connectivity index (χ1n) is 6.73. The van der Waals surface area contributed by atoms with E-state index in [1.807, 2.05) is 18.2 Å². The van der Waals surface area contributed by atoms with E-state index in [1.54, 1.807) is 6.92 Å². The monoisotopic (exact) mass is 272 g/mol. The van der Waals surface area contributed by atoms with Gasteiger partial charge in [-0.2, -0.15) is 0 Å². The maximum Gasteiger partial charge on any atom is 0.272 e. The summed E-state index contributed by atoms with van der Waals surface area (Å²) in [7, 11) is 0. The zero-order valence-corrected chi connectivity index (χ0v) is 11.2. The highest BCUT2D eigenvalue weighted by molar-refractivity contribution is 5.70. The Balaban J connectivity index is 1.88. The Morgan fingerprint density at radius 3 is 2.90 bits per heavy atom. The Morgan fingerprint density at radius 1 is 1.35 bits per heavy atom. The van der Waals surface area contributed by atoms with E-state index in [4.69, 9.17) is 10.5 Å². The number of aryl methyl sites for hydroxylation is 1. The standard InChI is InChI=1S/C15H16N2O3/c1-2-20-15-12(13(18)14(15)19)17-9-4-5-10-8(7-9)3-6-11(10)16/h4-5,7,11,17H,2-3,6,16H2,1H3. The summed E-state index contributed by atoms with van der Waals surface area (Å²) in [5.41, 5.74) is 8.29. The molecule has 2 aromatic rings. The van der Waals surface area contributed by atoms with Crippen molar-refractivity contribution in [2.24, 2.45) is 5.73 Å². The maximum atomic E-state index is 11.6. The van der Waals surface area contributed by atoms with Crippen LogP contribution in [0.4, 0.5) is 11.4 Å². The Kier molecular flexibility index (Phi) is 3.06. The van der Waals surface area contributed by atoms with Gasteiger partial charge in [-0.05, 0) is 43.0 Å². The van der Waals surface area contributed by atoms with Crippen molar-refractivity contribution in [3.63, 3.8) is 0 Å². The molecule has 3 N–H and O–H groups in total. The second kappa shape index (κ2) is 4.76. The summed E-state index contributed by atoms with van der Waals surface area (Å²) < 4.78 is 5.18. The molecular weight excluding hydrogens is 256 g/mol. The van der Waals surface area contributed by atoms with Gasteiger partial charge in [0.25, 0.3) is 10.9 Å². The SMILES string of the molecule is CCOc1c(Nc2ccc3c(c2)CCC3N)c(=O)c1=O. The van der Waals surface area contributed by atoms with Gasteiger partial charge in [0.05, 0.1) is 6.61 Å². The molecule has 0 bridgehead atoms. The summed E-state index contributed by atoms with van der Waals surface area (Å²) in [6.45, 7) is 2.13. The fraction of sp³-hybridized carbons (Fsp3) is 0.333. The molecule has 1 aliphatic carbocycles. The van der Waals surface area contributed by atoms with Crippen molar-refractivity contribution in [3.8, 4) is 5.75 Å². The van der Waals surface area contributed by atoms with E-state index in [0.29, 0.717) is 6.61 Å². The van der Waals surface area contributed by atoms with Crippen LogP contribution in [0.2, 0.25) is 0 Å². The van der Waals surface area contributed by atoms with Gasteiger partial charge in [-0.25, -0.2) is 0 Å². The molecule has 0 spiro atoms. The van der Waals surface area contributed by atoms with Gasteiger partial charge >= 0.3 is 0 Å². The molecule has 20 heavy (non-hydrogen) atoms. The maximum absolute atomic E-state index is 11.6. The van der Waals surface area contributed by atoms with Crippen LogP contribution in [0.25, 0.3) is 0 Å². The molecule has 0 aliphatic heterocycles. The molecule has 0 heterocycles. The zero-order chi connectivity index (χ0) is 14.3. The van der Waals surface area contributed by atoms with Gasteiger partial charge in [0.15, 0.2) is 5.75 Å². The fourth-order valence-corrected chi connectivity index (χ4v) is 2.64. The largest absolute Gasteiger partial charge is 0.488 e. The number of hydrogen-bond donors (Lipinski definition) is 2. The molecule has 0 saturated heterocycles. The number of fused-ring (bicyclic) bond motifs is 1. The van der Waals surface area contributed by atoms with Gasteiger partial charge in [0, 0.05) is 11.7 Å². The van der Waals surface area contributed by atoms with E-state index in [9.17, 15) is 9.59 Å². The molecule has 5 nitrogen and oxygen atoms in total.